The van der Waals surface area contributed by atoms with Gasteiger partial charge >= 0.3 is 0 Å². The van der Waals surface area contributed by atoms with Gasteiger partial charge in [0, 0.05) is 10.0 Å². The fourth-order valence-corrected chi connectivity index (χ4v) is 1.99. The maximum Gasteiger partial charge on any atom is 0.0455 e. The lowest BCUT2D eigenvalue weighted by Gasteiger charge is -2.01. The van der Waals surface area contributed by atoms with Gasteiger partial charge in [0.25, 0.3) is 0 Å². The molecule has 0 spiro atoms. The monoisotopic (exact) mass is 271 g/mol. The minimum Gasteiger partial charge on any atom is -0.316 e. The highest BCUT2D eigenvalue weighted by Gasteiger charge is 1.98. The number of benzene rings is 1. The number of allylic oxidation sites excluding steroid dienone is 1. The van der Waals surface area contributed by atoms with E-state index in [0.717, 1.165) is 36.5 Å². The van der Waals surface area contributed by atoms with E-state index in [0.29, 0.717) is 5.02 Å². The third kappa shape index (κ3) is 6.11. The molecule has 94 valence electrons. The van der Waals surface area contributed by atoms with Crippen LogP contribution in [0.5, 0.6) is 0 Å². The Morgan fingerprint density at radius 3 is 2.71 bits per heavy atom. The van der Waals surface area contributed by atoms with Crippen molar-refractivity contribution in [3.8, 4) is 0 Å². The van der Waals surface area contributed by atoms with Crippen LogP contribution in [0, 0.1) is 0 Å². The first-order valence-electron chi connectivity index (χ1n) is 6.03. The molecule has 0 aliphatic rings. The Hall–Kier alpha value is -0.500. The van der Waals surface area contributed by atoms with Crippen LogP contribution in [0.4, 0.5) is 0 Å². The van der Waals surface area contributed by atoms with E-state index < -0.39 is 0 Å². The highest BCUT2D eigenvalue weighted by Crippen LogP contribution is 2.21. The molecule has 1 aromatic carbocycles. The number of nitrogens with one attached hydrogen (secondary N) is 1. The standard InChI is InChI=1S/C14H19Cl2N/c1-2-9-17-10-5-3-4-6-12-7-8-13(15)11-14(12)16/h3-4,7-8,11,17H,2,5-6,9-10H2,1H3. The molecule has 1 nitrogen and oxygen atoms in total. The highest BCUT2D eigenvalue weighted by molar-refractivity contribution is 6.35. The van der Waals surface area contributed by atoms with Crippen LogP contribution in [0.1, 0.15) is 25.3 Å². The first kappa shape index (κ1) is 14.6. The molecular weight excluding hydrogens is 253 g/mol. The quantitative estimate of drug-likeness (QED) is 0.570. The molecule has 0 aromatic heterocycles. The number of rotatable bonds is 7. The summed E-state index contributed by atoms with van der Waals surface area (Å²) >= 11 is 11.9. The SMILES string of the molecule is CCCNCCC=CCc1ccc(Cl)cc1Cl. The topological polar surface area (TPSA) is 12.0 Å². The van der Waals surface area contributed by atoms with Crippen molar-refractivity contribution in [1.29, 1.82) is 0 Å². The van der Waals surface area contributed by atoms with Crippen LogP contribution in [-0.2, 0) is 6.42 Å². The molecule has 0 fully saturated rings. The molecule has 3 heteroatoms. The van der Waals surface area contributed by atoms with Crippen molar-refractivity contribution in [2.75, 3.05) is 13.1 Å². The molecule has 0 saturated carbocycles. The summed E-state index contributed by atoms with van der Waals surface area (Å²) in [6, 6.07) is 5.64. The number of hydrogen-bond acceptors (Lipinski definition) is 1. The molecule has 0 unspecified atom stereocenters. The zero-order valence-electron chi connectivity index (χ0n) is 10.2. The van der Waals surface area contributed by atoms with Crippen molar-refractivity contribution in [2.45, 2.75) is 26.2 Å². The molecule has 1 rings (SSSR count). The van der Waals surface area contributed by atoms with Crippen molar-refractivity contribution < 1.29 is 0 Å². The van der Waals surface area contributed by atoms with Crippen LogP contribution in [0.2, 0.25) is 10.0 Å². The molecule has 1 aromatic rings. The summed E-state index contributed by atoms with van der Waals surface area (Å²) in [6.07, 6.45) is 7.45. The molecule has 0 aliphatic carbocycles. The Morgan fingerprint density at radius 1 is 1.18 bits per heavy atom. The largest absolute Gasteiger partial charge is 0.316 e. The maximum absolute atomic E-state index is 6.08. The summed E-state index contributed by atoms with van der Waals surface area (Å²) in [6.45, 7) is 4.31. The van der Waals surface area contributed by atoms with E-state index in [1.165, 1.54) is 6.42 Å². The number of halogens is 2. The van der Waals surface area contributed by atoms with Gasteiger partial charge in [-0.2, -0.15) is 0 Å². The van der Waals surface area contributed by atoms with Gasteiger partial charge < -0.3 is 5.32 Å². The Balaban J connectivity index is 2.27. The average Bonchev–Trinajstić information content (AvgIpc) is 2.30. The van der Waals surface area contributed by atoms with Crippen LogP contribution < -0.4 is 5.32 Å². The van der Waals surface area contributed by atoms with Crippen LogP contribution in [0.25, 0.3) is 0 Å². The van der Waals surface area contributed by atoms with Crippen LogP contribution in [-0.4, -0.2) is 13.1 Å². The van der Waals surface area contributed by atoms with Gasteiger partial charge in [0.1, 0.15) is 0 Å². The Bertz CT molecular complexity index is 361. The molecule has 1 N–H and O–H groups in total. The number of hydrogen-bond donors (Lipinski definition) is 1. The van der Waals surface area contributed by atoms with E-state index in [2.05, 4.69) is 24.4 Å². The van der Waals surface area contributed by atoms with Crippen molar-refractivity contribution in [1.82, 2.24) is 5.32 Å². The molecule has 0 aliphatic heterocycles. The van der Waals surface area contributed by atoms with Crippen molar-refractivity contribution >= 4 is 23.2 Å². The van der Waals surface area contributed by atoms with Crippen LogP contribution in [0.15, 0.2) is 30.4 Å². The fraction of sp³-hybridized carbons (Fsp3) is 0.429. The smallest absolute Gasteiger partial charge is 0.0455 e. The summed E-state index contributed by atoms with van der Waals surface area (Å²) in [4.78, 5) is 0. The predicted octanol–water partition coefficient (Wildman–Crippen LogP) is 4.48. The molecule has 0 amide bonds. The molecule has 0 bridgehead atoms. The van der Waals surface area contributed by atoms with Gasteiger partial charge in [0.2, 0.25) is 0 Å². The lowest BCUT2D eigenvalue weighted by molar-refractivity contribution is 0.678. The van der Waals surface area contributed by atoms with E-state index >= 15 is 0 Å². The van der Waals surface area contributed by atoms with Gasteiger partial charge in [-0.15, -0.1) is 0 Å². The third-order valence-electron chi connectivity index (χ3n) is 2.43. The average molecular weight is 272 g/mol. The molecule has 0 heterocycles. The van der Waals surface area contributed by atoms with Gasteiger partial charge in [-0.25, -0.2) is 0 Å². The summed E-state index contributed by atoms with van der Waals surface area (Å²) in [5.41, 5.74) is 1.12. The molecule has 0 atom stereocenters. The Morgan fingerprint density at radius 2 is 2.00 bits per heavy atom. The highest BCUT2D eigenvalue weighted by atomic mass is 35.5. The van der Waals surface area contributed by atoms with E-state index in [1.54, 1.807) is 6.07 Å². The lowest BCUT2D eigenvalue weighted by Crippen LogP contribution is -2.14. The fourth-order valence-electron chi connectivity index (χ4n) is 1.50. The zero-order chi connectivity index (χ0) is 12.5. The van der Waals surface area contributed by atoms with Gasteiger partial charge in [-0.05, 0) is 50.0 Å². The lowest BCUT2D eigenvalue weighted by atomic mass is 10.1. The van der Waals surface area contributed by atoms with Crippen molar-refractivity contribution in [3.05, 3.63) is 46.0 Å². The third-order valence-corrected chi connectivity index (χ3v) is 3.02. The summed E-state index contributed by atoms with van der Waals surface area (Å²) in [5.74, 6) is 0. The van der Waals surface area contributed by atoms with Gasteiger partial charge in [0.15, 0.2) is 0 Å². The minimum atomic E-state index is 0.687. The summed E-state index contributed by atoms with van der Waals surface area (Å²) in [5, 5.41) is 4.79. The van der Waals surface area contributed by atoms with Crippen LogP contribution >= 0.6 is 23.2 Å². The maximum atomic E-state index is 6.08. The predicted molar refractivity (Wildman–Crippen MR) is 77.1 cm³/mol. The molecule has 0 saturated heterocycles. The van der Waals surface area contributed by atoms with E-state index in [1.807, 2.05) is 12.1 Å². The summed E-state index contributed by atoms with van der Waals surface area (Å²) in [7, 11) is 0. The van der Waals surface area contributed by atoms with Crippen LogP contribution in [0.3, 0.4) is 0 Å². The second-order valence-electron chi connectivity index (χ2n) is 3.95. The van der Waals surface area contributed by atoms with Gasteiger partial charge in [-0.1, -0.05) is 48.3 Å². The van der Waals surface area contributed by atoms with Crippen molar-refractivity contribution in [2.24, 2.45) is 0 Å². The second kappa shape index (κ2) is 8.57. The molecular formula is C14H19Cl2N. The normalized spacial score (nSPS) is 11.2. The molecule has 17 heavy (non-hydrogen) atoms. The summed E-state index contributed by atoms with van der Waals surface area (Å²) < 4.78 is 0. The minimum absolute atomic E-state index is 0.687. The Labute approximate surface area is 114 Å². The van der Waals surface area contributed by atoms with E-state index in [4.69, 9.17) is 23.2 Å². The first-order chi connectivity index (χ1) is 8.24. The molecule has 0 radical (unpaired) electrons. The zero-order valence-corrected chi connectivity index (χ0v) is 11.7. The Kier molecular flexibility index (Phi) is 7.34. The van der Waals surface area contributed by atoms with Gasteiger partial charge in [-0.3, -0.25) is 0 Å². The van der Waals surface area contributed by atoms with Crippen molar-refractivity contribution in [3.63, 3.8) is 0 Å². The van der Waals surface area contributed by atoms with Gasteiger partial charge in [0.05, 0.1) is 0 Å². The van der Waals surface area contributed by atoms with E-state index in [-0.39, 0.29) is 0 Å². The first-order valence-corrected chi connectivity index (χ1v) is 6.79. The second-order valence-corrected chi connectivity index (χ2v) is 4.79. The van der Waals surface area contributed by atoms with E-state index in [9.17, 15) is 0 Å².